The van der Waals surface area contributed by atoms with E-state index in [9.17, 15) is 0 Å². The van der Waals surface area contributed by atoms with E-state index in [-0.39, 0.29) is 0 Å². The summed E-state index contributed by atoms with van der Waals surface area (Å²) >= 11 is 0. The first-order chi connectivity index (χ1) is 7.66. The molecule has 1 heterocycles. The molecule has 3 heteroatoms. The van der Waals surface area contributed by atoms with E-state index in [2.05, 4.69) is 29.1 Å². The number of hydrogen-bond donors (Lipinski definition) is 1. The summed E-state index contributed by atoms with van der Waals surface area (Å²) in [6.45, 7) is 6.45. The van der Waals surface area contributed by atoms with E-state index in [0.29, 0.717) is 12.1 Å². The molecule has 2 rings (SSSR count). The van der Waals surface area contributed by atoms with E-state index >= 15 is 0 Å². The molecule has 2 atom stereocenters. The lowest BCUT2D eigenvalue weighted by molar-refractivity contribution is 0.431. The third kappa shape index (κ3) is 3.01. The van der Waals surface area contributed by atoms with Crippen LogP contribution in [0.2, 0.25) is 0 Å². The van der Waals surface area contributed by atoms with E-state index in [1.807, 2.05) is 6.92 Å². The molecule has 1 saturated carbocycles. The normalized spacial score (nSPS) is 19.4. The molecule has 0 saturated heterocycles. The maximum absolute atomic E-state index is 4.40. The summed E-state index contributed by atoms with van der Waals surface area (Å²) in [7, 11) is 0. The average Bonchev–Trinajstić information content (AvgIpc) is 3.01. The van der Waals surface area contributed by atoms with Gasteiger partial charge in [-0.05, 0) is 33.1 Å². The van der Waals surface area contributed by atoms with Crippen LogP contribution >= 0.6 is 0 Å². The van der Waals surface area contributed by atoms with E-state index in [4.69, 9.17) is 0 Å². The van der Waals surface area contributed by atoms with Gasteiger partial charge in [-0.3, -0.25) is 9.97 Å². The van der Waals surface area contributed by atoms with Gasteiger partial charge in [0.2, 0.25) is 0 Å². The standard InChI is InChI=1S/C13H21N3/c1-9(8-12-4-5-12)16-11(3)13-10(2)14-6-7-15-13/h6-7,9,11-12,16H,4-5,8H2,1-3H3. The van der Waals surface area contributed by atoms with Crippen LogP contribution in [0.1, 0.15) is 50.5 Å². The Morgan fingerprint density at radius 1 is 1.31 bits per heavy atom. The molecule has 3 nitrogen and oxygen atoms in total. The van der Waals surface area contributed by atoms with Crippen LogP contribution in [-0.4, -0.2) is 16.0 Å². The maximum Gasteiger partial charge on any atom is 0.0782 e. The second-order valence-corrected chi connectivity index (χ2v) is 5.00. The Hall–Kier alpha value is -0.960. The molecule has 0 aliphatic heterocycles. The van der Waals surface area contributed by atoms with Gasteiger partial charge < -0.3 is 5.32 Å². The number of nitrogens with one attached hydrogen (secondary N) is 1. The Kier molecular flexibility index (Phi) is 3.54. The molecule has 1 aromatic heterocycles. The van der Waals surface area contributed by atoms with Gasteiger partial charge in [-0.2, -0.15) is 0 Å². The van der Waals surface area contributed by atoms with Gasteiger partial charge in [-0.15, -0.1) is 0 Å². The van der Waals surface area contributed by atoms with E-state index in [1.165, 1.54) is 19.3 Å². The van der Waals surface area contributed by atoms with E-state index in [0.717, 1.165) is 17.3 Å². The van der Waals surface area contributed by atoms with Crippen molar-refractivity contribution in [2.45, 2.75) is 52.1 Å². The van der Waals surface area contributed by atoms with Gasteiger partial charge in [0.1, 0.15) is 0 Å². The largest absolute Gasteiger partial charge is 0.306 e. The molecule has 0 radical (unpaired) electrons. The molecule has 88 valence electrons. The van der Waals surface area contributed by atoms with Crippen molar-refractivity contribution in [1.82, 2.24) is 15.3 Å². The van der Waals surface area contributed by atoms with Gasteiger partial charge in [0.15, 0.2) is 0 Å². The second-order valence-electron chi connectivity index (χ2n) is 5.00. The third-order valence-corrected chi connectivity index (χ3v) is 3.25. The van der Waals surface area contributed by atoms with Crippen LogP contribution in [0, 0.1) is 12.8 Å². The summed E-state index contributed by atoms with van der Waals surface area (Å²) in [5, 5.41) is 3.61. The number of aromatic nitrogens is 2. The van der Waals surface area contributed by atoms with Crippen molar-refractivity contribution in [3.8, 4) is 0 Å². The molecule has 0 bridgehead atoms. The molecule has 1 aromatic rings. The quantitative estimate of drug-likeness (QED) is 0.827. The molecule has 2 unspecified atom stereocenters. The van der Waals surface area contributed by atoms with Gasteiger partial charge in [0.05, 0.1) is 11.4 Å². The summed E-state index contributed by atoms with van der Waals surface area (Å²) in [5.74, 6) is 0.970. The highest BCUT2D eigenvalue weighted by Gasteiger charge is 2.24. The van der Waals surface area contributed by atoms with Gasteiger partial charge in [0, 0.05) is 24.5 Å². The zero-order chi connectivity index (χ0) is 11.5. The molecule has 0 spiro atoms. The molecule has 16 heavy (non-hydrogen) atoms. The fourth-order valence-corrected chi connectivity index (χ4v) is 2.27. The summed E-state index contributed by atoms with van der Waals surface area (Å²) < 4.78 is 0. The van der Waals surface area contributed by atoms with Crippen molar-refractivity contribution in [2.24, 2.45) is 5.92 Å². The van der Waals surface area contributed by atoms with Crippen LogP contribution in [0.25, 0.3) is 0 Å². The van der Waals surface area contributed by atoms with Crippen molar-refractivity contribution in [3.05, 3.63) is 23.8 Å². The summed E-state index contributed by atoms with van der Waals surface area (Å²) in [6, 6.07) is 0.867. The minimum absolute atomic E-state index is 0.294. The maximum atomic E-state index is 4.40. The predicted molar refractivity (Wildman–Crippen MR) is 65.1 cm³/mol. The van der Waals surface area contributed by atoms with Crippen molar-refractivity contribution >= 4 is 0 Å². The molecule has 1 aliphatic carbocycles. The van der Waals surface area contributed by atoms with Crippen LogP contribution in [0.15, 0.2) is 12.4 Å². The number of nitrogens with zero attached hydrogens (tertiary/aromatic N) is 2. The van der Waals surface area contributed by atoms with Gasteiger partial charge in [-0.25, -0.2) is 0 Å². The molecule has 0 amide bonds. The number of hydrogen-bond acceptors (Lipinski definition) is 3. The second kappa shape index (κ2) is 4.91. The predicted octanol–water partition coefficient (Wildman–Crippen LogP) is 2.62. The summed E-state index contributed by atoms with van der Waals surface area (Å²) in [5.41, 5.74) is 2.10. The Morgan fingerprint density at radius 3 is 2.62 bits per heavy atom. The monoisotopic (exact) mass is 219 g/mol. The van der Waals surface area contributed by atoms with Crippen molar-refractivity contribution in [2.75, 3.05) is 0 Å². The van der Waals surface area contributed by atoms with Gasteiger partial charge in [-0.1, -0.05) is 12.8 Å². The summed E-state index contributed by atoms with van der Waals surface area (Å²) in [6.07, 6.45) is 7.66. The lowest BCUT2D eigenvalue weighted by atomic mass is 10.1. The van der Waals surface area contributed by atoms with Crippen molar-refractivity contribution < 1.29 is 0 Å². The molecule has 1 N–H and O–H groups in total. The highest BCUT2D eigenvalue weighted by molar-refractivity contribution is 5.12. The van der Waals surface area contributed by atoms with Crippen molar-refractivity contribution in [1.29, 1.82) is 0 Å². The average molecular weight is 219 g/mol. The molecule has 1 aliphatic rings. The smallest absolute Gasteiger partial charge is 0.0782 e. The first kappa shape index (κ1) is 11.5. The fourth-order valence-electron chi connectivity index (χ4n) is 2.27. The minimum Gasteiger partial charge on any atom is -0.306 e. The lowest BCUT2D eigenvalue weighted by Gasteiger charge is -2.20. The van der Waals surface area contributed by atoms with Crippen LogP contribution in [0.3, 0.4) is 0 Å². The first-order valence-electron chi connectivity index (χ1n) is 6.20. The Morgan fingerprint density at radius 2 is 2.00 bits per heavy atom. The lowest BCUT2D eigenvalue weighted by Crippen LogP contribution is -2.30. The Balaban J connectivity index is 1.91. The van der Waals surface area contributed by atoms with Crippen LogP contribution in [0.5, 0.6) is 0 Å². The molecular formula is C13H21N3. The summed E-state index contributed by atoms with van der Waals surface area (Å²) in [4.78, 5) is 8.68. The zero-order valence-electron chi connectivity index (χ0n) is 10.4. The SMILES string of the molecule is Cc1nccnc1C(C)NC(C)CC1CC1. The highest BCUT2D eigenvalue weighted by Crippen LogP contribution is 2.33. The van der Waals surface area contributed by atoms with Gasteiger partial charge >= 0.3 is 0 Å². The van der Waals surface area contributed by atoms with Crippen LogP contribution in [0.4, 0.5) is 0 Å². The first-order valence-corrected chi connectivity index (χ1v) is 6.20. The van der Waals surface area contributed by atoms with Gasteiger partial charge in [0.25, 0.3) is 0 Å². The Bertz CT molecular complexity index is 347. The zero-order valence-corrected chi connectivity index (χ0v) is 10.4. The highest BCUT2D eigenvalue weighted by atomic mass is 15.0. The van der Waals surface area contributed by atoms with E-state index in [1.54, 1.807) is 12.4 Å². The Labute approximate surface area is 97.7 Å². The van der Waals surface area contributed by atoms with E-state index < -0.39 is 0 Å². The number of rotatable bonds is 5. The molecule has 1 fully saturated rings. The van der Waals surface area contributed by atoms with Crippen LogP contribution in [-0.2, 0) is 0 Å². The number of aryl methyl sites for hydroxylation is 1. The molecular weight excluding hydrogens is 198 g/mol. The topological polar surface area (TPSA) is 37.8 Å². The molecule has 0 aromatic carbocycles. The van der Waals surface area contributed by atoms with Crippen LogP contribution < -0.4 is 5.32 Å². The minimum atomic E-state index is 0.294. The van der Waals surface area contributed by atoms with Crippen molar-refractivity contribution in [3.63, 3.8) is 0 Å². The fraction of sp³-hybridized carbons (Fsp3) is 0.692. The third-order valence-electron chi connectivity index (χ3n) is 3.25.